The number of piperidine rings is 2. The van der Waals surface area contributed by atoms with Crippen molar-refractivity contribution in [3.8, 4) is 0 Å². The lowest BCUT2D eigenvalue weighted by molar-refractivity contribution is -0.148. The van der Waals surface area contributed by atoms with E-state index in [0.29, 0.717) is 19.0 Å². The normalized spacial score (nSPS) is 19.8. The van der Waals surface area contributed by atoms with Gasteiger partial charge < -0.3 is 15.5 Å². The molecule has 0 bridgehead atoms. The van der Waals surface area contributed by atoms with Crippen LogP contribution in [0.3, 0.4) is 0 Å². The average Bonchev–Trinajstić information content (AvgIpc) is 2.71. The predicted octanol–water partition coefficient (Wildman–Crippen LogP) is 4.48. The van der Waals surface area contributed by atoms with Crippen LogP contribution in [-0.2, 0) is 0 Å². The molecule has 0 aliphatic carbocycles. The predicted molar refractivity (Wildman–Crippen MR) is 133 cm³/mol. The minimum Gasteiger partial charge on any atom is -0.357 e. The van der Waals surface area contributed by atoms with Gasteiger partial charge in [-0.25, -0.2) is 0 Å². The van der Waals surface area contributed by atoms with Crippen LogP contribution < -0.4 is 10.6 Å². The van der Waals surface area contributed by atoms with Gasteiger partial charge in [0.2, 0.25) is 0 Å². The molecule has 2 rings (SSSR count). The summed E-state index contributed by atoms with van der Waals surface area (Å²) in [4.78, 5) is 8.80. The van der Waals surface area contributed by atoms with Crippen LogP contribution in [-0.4, -0.2) is 80.8 Å². The molecule has 2 fully saturated rings. The van der Waals surface area contributed by atoms with Gasteiger partial charge in [0.1, 0.15) is 0 Å². The van der Waals surface area contributed by atoms with E-state index in [2.05, 4.69) is 27.4 Å². The Kier molecular flexibility index (Phi) is 15.2. The zero-order valence-corrected chi connectivity index (χ0v) is 21.5. The lowest BCUT2D eigenvalue weighted by Crippen LogP contribution is -2.41. The monoisotopic (exact) mass is 561 g/mol. The Morgan fingerprint density at radius 1 is 0.935 bits per heavy atom. The second-order valence-corrected chi connectivity index (χ2v) is 8.77. The first-order valence-electron chi connectivity index (χ1n) is 12.0. The van der Waals surface area contributed by atoms with Gasteiger partial charge in [-0.15, -0.1) is 24.0 Å². The Morgan fingerprint density at radius 2 is 1.65 bits per heavy atom. The summed E-state index contributed by atoms with van der Waals surface area (Å²) in [7, 11) is 0. The second kappa shape index (κ2) is 16.3. The molecule has 0 radical (unpaired) electrons. The standard InChI is InChI=1S/C22H42F3N5.HI/c1-2-26-21(27-12-5-3-6-14-29-15-7-4-8-16-29)28-13-9-20-10-17-30(18-11-20)19-22(23,24)25;/h20H,2-19H2,1H3,(H2,26,27,28);1H. The van der Waals surface area contributed by atoms with Crippen LogP contribution in [0.15, 0.2) is 4.99 Å². The SMILES string of the molecule is CCNC(=NCCCCCN1CCCCC1)NCCC1CCN(CC(F)(F)F)CC1.I. The highest BCUT2D eigenvalue weighted by Crippen LogP contribution is 2.23. The number of nitrogens with one attached hydrogen (secondary N) is 2. The highest BCUT2D eigenvalue weighted by Gasteiger charge is 2.32. The number of unbranched alkanes of at least 4 members (excludes halogenated alkanes) is 2. The average molecular weight is 562 g/mol. The summed E-state index contributed by atoms with van der Waals surface area (Å²) in [6.07, 6.45) is 6.29. The second-order valence-electron chi connectivity index (χ2n) is 8.77. The number of halogens is 4. The summed E-state index contributed by atoms with van der Waals surface area (Å²) in [5, 5.41) is 6.69. The van der Waals surface area contributed by atoms with Crippen molar-refractivity contribution >= 4 is 29.9 Å². The number of nitrogens with zero attached hydrogens (tertiary/aromatic N) is 3. The Morgan fingerprint density at radius 3 is 2.29 bits per heavy atom. The third-order valence-electron chi connectivity index (χ3n) is 6.15. The van der Waals surface area contributed by atoms with Crippen LogP contribution in [0.5, 0.6) is 0 Å². The Balaban J connectivity index is 0.00000480. The van der Waals surface area contributed by atoms with E-state index in [1.807, 2.05) is 0 Å². The summed E-state index contributed by atoms with van der Waals surface area (Å²) < 4.78 is 37.4. The first kappa shape index (κ1) is 28.7. The highest BCUT2D eigenvalue weighted by atomic mass is 127. The first-order chi connectivity index (χ1) is 14.5. The topological polar surface area (TPSA) is 42.9 Å². The molecule has 9 heteroatoms. The maximum absolute atomic E-state index is 12.5. The summed E-state index contributed by atoms with van der Waals surface area (Å²) >= 11 is 0. The number of aliphatic imine (C=N–C) groups is 1. The fraction of sp³-hybridized carbons (Fsp3) is 0.955. The third-order valence-corrected chi connectivity index (χ3v) is 6.15. The molecule has 0 aromatic rings. The van der Waals surface area contributed by atoms with E-state index in [1.54, 1.807) is 0 Å². The number of rotatable bonds is 11. The van der Waals surface area contributed by atoms with E-state index in [1.165, 1.54) is 56.6 Å². The molecule has 0 unspecified atom stereocenters. The van der Waals surface area contributed by atoms with Gasteiger partial charge in [-0.2, -0.15) is 13.2 Å². The van der Waals surface area contributed by atoms with E-state index in [9.17, 15) is 13.2 Å². The van der Waals surface area contributed by atoms with Gasteiger partial charge in [-0.3, -0.25) is 9.89 Å². The maximum atomic E-state index is 12.5. The van der Waals surface area contributed by atoms with Gasteiger partial charge in [0.15, 0.2) is 5.96 Å². The van der Waals surface area contributed by atoms with E-state index in [0.717, 1.165) is 51.3 Å². The van der Waals surface area contributed by atoms with Crippen LogP contribution in [0.4, 0.5) is 13.2 Å². The lowest BCUT2D eigenvalue weighted by atomic mass is 9.93. The molecule has 0 amide bonds. The molecule has 0 atom stereocenters. The van der Waals surface area contributed by atoms with Gasteiger partial charge in [-0.05, 0) is 90.5 Å². The van der Waals surface area contributed by atoms with Crippen molar-refractivity contribution < 1.29 is 13.2 Å². The van der Waals surface area contributed by atoms with Crippen LogP contribution in [0.2, 0.25) is 0 Å². The summed E-state index contributed by atoms with van der Waals surface area (Å²) in [6, 6.07) is 0. The van der Waals surface area contributed by atoms with Crippen molar-refractivity contribution in [3.05, 3.63) is 0 Å². The number of likely N-dealkylation sites (tertiary alicyclic amines) is 2. The molecule has 2 aliphatic rings. The van der Waals surface area contributed by atoms with Crippen molar-refractivity contribution in [1.82, 2.24) is 20.4 Å². The smallest absolute Gasteiger partial charge is 0.357 e. The molecule has 0 aromatic heterocycles. The van der Waals surface area contributed by atoms with Gasteiger partial charge >= 0.3 is 6.18 Å². The van der Waals surface area contributed by atoms with Crippen molar-refractivity contribution in [3.63, 3.8) is 0 Å². The van der Waals surface area contributed by atoms with E-state index in [4.69, 9.17) is 0 Å². The van der Waals surface area contributed by atoms with Crippen molar-refractivity contribution in [1.29, 1.82) is 0 Å². The molecule has 2 saturated heterocycles. The van der Waals surface area contributed by atoms with E-state index in [-0.39, 0.29) is 24.0 Å². The van der Waals surface area contributed by atoms with E-state index < -0.39 is 12.7 Å². The first-order valence-corrected chi connectivity index (χ1v) is 12.0. The van der Waals surface area contributed by atoms with Gasteiger partial charge in [0, 0.05) is 19.6 Å². The summed E-state index contributed by atoms with van der Waals surface area (Å²) in [6.45, 7) is 8.66. The van der Waals surface area contributed by atoms with Crippen molar-refractivity contribution in [2.75, 3.05) is 58.9 Å². The molecule has 0 spiro atoms. The lowest BCUT2D eigenvalue weighted by Gasteiger charge is -2.32. The Labute approximate surface area is 204 Å². The number of hydrogen-bond donors (Lipinski definition) is 2. The summed E-state index contributed by atoms with van der Waals surface area (Å²) in [5.74, 6) is 1.36. The van der Waals surface area contributed by atoms with Crippen molar-refractivity contribution in [2.24, 2.45) is 10.9 Å². The van der Waals surface area contributed by atoms with Crippen LogP contribution in [0.25, 0.3) is 0 Å². The molecule has 5 nitrogen and oxygen atoms in total. The number of alkyl halides is 3. The maximum Gasteiger partial charge on any atom is 0.401 e. The molecule has 2 heterocycles. The fourth-order valence-corrected chi connectivity index (χ4v) is 4.42. The Bertz CT molecular complexity index is 476. The molecule has 0 saturated carbocycles. The summed E-state index contributed by atoms with van der Waals surface area (Å²) in [5.41, 5.74) is 0. The molecule has 184 valence electrons. The molecule has 2 N–H and O–H groups in total. The zero-order chi connectivity index (χ0) is 21.7. The van der Waals surface area contributed by atoms with Crippen LogP contribution in [0, 0.1) is 5.92 Å². The van der Waals surface area contributed by atoms with Gasteiger partial charge in [-0.1, -0.05) is 12.8 Å². The molecule has 31 heavy (non-hydrogen) atoms. The molecule has 2 aliphatic heterocycles. The van der Waals surface area contributed by atoms with Crippen LogP contribution >= 0.6 is 24.0 Å². The minimum absolute atomic E-state index is 0. The number of hydrogen-bond acceptors (Lipinski definition) is 3. The van der Waals surface area contributed by atoms with Gasteiger partial charge in [0.05, 0.1) is 6.54 Å². The minimum atomic E-state index is -4.08. The molecular formula is C22H43F3IN5. The van der Waals surface area contributed by atoms with E-state index >= 15 is 0 Å². The fourth-order valence-electron chi connectivity index (χ4n) is 4.42. The Hall–Kier alpha value is -0.290. The highest BCUT2D eigenvalue weighted by molar-refractivity contribution is 14.0. The van der Waals surface area contributed by atoms with Crippen molar-refractivity contribution in [2.45, 2.75) is 70.9 Å². The molecule has 0 aromatic carbocycles. The quantitative estimate of drug-likeness (QED) is 0.169. The largest absolute Gasteiger partial charge is 0.401 e. The molecular weight excluding hydrogens is 518 g/mol. The van der Waals surface area contributed by atoms with Crippen LogP contribution in [0.1, 0.15) is 64.7 Å². The third kappa shape index (κ3) is 13.8. The number of guanidine groups is 1. The zero-order valence-electron chi connectivity index (χ0n) is 19.2. The van der Waals surface area contributed by atoms with Gasteiger partial charge in [0.25, 0.3) is 0 Å².